The van der Waals surface area contributed by atoms with Crippen molar-refractivity contribution in [2.45, 2.75) is 42.5 Å². The van der Waals surface area contributed by atoms with Crippen LogP contribution >= 0.6 is 0 Å². The van der Waals surface area contributed by atoms with Gasteiger partial charge in [0.15, 0.2) is 6.10 Å². The molecule has 5 aromatic carbocycles. The molecule has 9 heteroatoms. The van der Waals surface area contributed by atoms with Crippen molar-refractivity contribution in [1.82, 2.24) is 15.4 Å². The average Bonchev–Trinajstić information content (AvgIpc) is 3.07. The summed E-state index contributed by atoms with van der Waals surface area (Å²) < 4.78 is 30.2. The third-order valence-electron chi connectivity index (χ3n) is 7.52. The van der Waals surface area contributed by atoms with Gasteiger partial charge in [-0.3, -0.25) is 9.59 Å². The first-order valence-electron chi connectivity index (χ1n) is 14.7. The maximum absolute atomic E-state index is 13.9. The molecule has 0 aliphatic carbocycles. The zero-order chi connectivity index (χ0) is 31.6. The van der Waals surface area contributed by atoms with E-state index in [1.165, 1.54) is 6.07 Å². The predicted molar refractivity (Wildman–Crippen MR) is 175 cm³/mol. The number of benzene rings is 5. The van der Waals surface area contributed by atoms with E-state index in [0.717, 1.165) is 22.1 Å². The number of aliphatic hydroxyl groups excluding tert-OH is 1. The van der Waals surface area contributed by atoms with E-state index in [1.807, 2.05) is 97.1 Å². The zero-order valence-electron chi connectivity index (χ0n) is 24.5. The average molecular weight is 622 g/mol. The monoisotopic (exact) mass is 621 g/mol. The van der Waals surface area contributed by atoms with Gasteiger partial charge in [0, 0.05) is 11.9 Å². The number of hydrogen-bond donors (Lipinski definition) is 4. The highest BCUT2D eigenvalue weighted by Crippen LogP contribution is 2.23. The minimum absolute atomic E-state index is 0.0467. The van der Waals surface area contributed by atoms with E-state index in [2.05, 4.69) is 15.4 Å². The fraction of sp³-hybridized carbons (Fsp3) is 0.167. The third-order valence-corrected chi connectivity index (χ3v) is 9.05. The molecule has 2 amide bonds. The number of fused-ring (bicyclic) bond motifs is 1. The van der Waals surface area contributed by atoms with E-state index in [4.69, 9.17) is 0 Å². The van der Waals surface area contributed by atoms with Crippen LogP contribution in [0.2, 0.25) is 0 Å². The summed E-state index contributed by atoms with van der Waals surface area (Å²) in [5.74, 6) is -1.32. The Morgan fingerprint density at radius 1 is 0.622 bits per heavy atom. The summed E-state index contributed by atoms with van der Waals surface area (Å²) in [7, 11) is -4.17. The van der Waals surface area contributed by atoms with Gasteiger partial charge in [-0.25, -0.2) is 8.42 Å². The Bertz CT molecular complexity index is 1830. The largest absolute Gasteiger partial charge is 0.381 e. The molecule has 0 bridgehead atoms. The summed E-state index contributed by atoms with van der Waals surface area (Å²) in [6, 6.07) is 37.3. The number of hydrogen-bond acceptors (Lipinski definition) is 5. The van der Waals surface area contributed by atoms with E-state index < -0.39 is 40.0 Å². The molecule has 0 aromatic heterocycles. The topological polar surface area (TPSA) is 125 Å². The Labute approximate surface area is 263 Å². The molecular weight excluding hydrogens is 586 g/mol. The van der Waals surface area contributed by atoms with Gasteiger partial charge in [-0.15, -0.1) is 0 Å². The molecule has 0 unspecified atom stereocenters. The SMILES string of the molecule is O=C(N[C@@H](Cc1ccccc1)[C@@H](O)C(=O)NCc1ccccc1)[C@H](Cc1ccccc1)NS(=O)(=O)c1cccc2ccccc12. The van der Waals surface area contributed by atoms with E-state index in [0.29, 0.717) is 5.39 Å². The van der Waals surface area contributed by atoms with Gasteiger partial charge in [-0.05, 0) is 41.0 Å². The number of rotatable bonds is 13. The van der Waals surface area contributed by atoms with Crippen molar-refractivity contribution in [1.29, 1.82) is 0 Å². The molecule has 0 saturated carbocycles. The van der Waals surface area contributed by atoms with Gasteiger partial charge in [-0.1, -0.05) is 127 Å². The Morgan fingerprint density at radius 2 is 1.16 bits per heavy atom. The van der Waals surface area contributed by atoms with Crippen LogP contribution < -0.4 is 15.4 Å². The summed E-state index contributed by atoms with van der Waals surface area (Å²) in [5.41, 5.74) is 2.38. The van der Waals surface area contributed by atoms with Gasteiger partial charge in [0.2, 0.25) is 15.9 Å². The maximum Gasteiger partial charge on any atom is 0.251 e. The van der Waals surface area contributed by atoms with Crippen LogP contribution in [-0.2, 0) is 39.0 Å². The van der Waals surface area contributed by atoms with Crippen LogP contribution in [0.1, 0.15) is 16.7 Å². The lowest BCUT2D eigenvalue weighted by Crippen LogP contribution is -2.56. The molecular formula is C36H35N3O5S. The van der Waals surface area contributed by atoms with Crippen molar-refractivity contribution < 1.29 is 23.1 Å². The maximum atomic E-state index is 13.9. The van der Waals surface area contributed by atoms with E-state index in [9.17, 15) is 23.1 Å². The smallest absolute Gasteiger partial charge is 0.251 e. The molecule has 0 radical (unpaired) electrons. The van der Waals surface area contributed by atoms with Gasteiger partial charge in [0.1, 0.15) is 6.04 Å². The fourth-order valence-corrected chi connectivity index (χ4v) is 6.61. The molecule has 0 heterocycles. The summed E-state index contributed by atoms with van der Waals surface area (Å²) in [6.45, 7) is 0.199. The Balaban J connectivity index is 1.41. The summed E-state index contributed by atoms with van der Waals surface area (Å²) in [6.07, 6.45) is -1.42. The van der Waals surface area contributed by atoms with Gasteiger partial charge in [0.05, 0.1) is 10.9 Å². The van der Waals surface area contributed by atoms with Crippen LogP contribution in [0.4, 0.5) is 0 Å². The van der Waals surface area contributed by atoms with Crippen molar-refractivity contribution in [3.8, 4) is 0 Å². The van der Waals surface area contributed by atoms with E-state index >= 15 is 0 Å². The number of sulfonamides is 1. The highest BCUT2D eigenvalue weighted by molar-refractivity contribution is 7.89. The second kappa shape index (κ2) is 14.8. The van der Waals surface area contributed by atoms with Crippen molar-refractivity contribution >= 4 is 32.6 Å². The third kappa shape index (κ3) is 8.42. The quantitative estimate of drug-likeness (QED) is 0.157. The molecule has 8 nitrogen and oxygen atoms in total. The number of carbonyl (C=O) groups is 2. The lowest BCUT2D eigenvalue weighted by Gasteiger charge is -2.27. The van der Waals surface area contributed by atoms with Gasteiger partial charge in [0.25, 0.3) is 5.91 Å². The van der Waals surface area contributed by atoms with Crippen LogP contribution in [0.5, 0.6) is 0 Å². The molecule has 4 N–H and O–H groups in total. The number of aliphatic hydroxyl groups is 1. The molecule has 45 heavy (non-hydrogen) atoms. The van der Waals surface area contributed by atoms with Crippen LogP contribution in [0.25, 0.3) is 10.8 Å². The summed E-state index contributed by atoms with van der Waals surface area (Å²) in [5, 5.41) is 18.0. The molecule has 0 saturated heterocycles. The van der Waals surface area contributed by atoms with Crippen LogP contribution in [0.3, 0.4) is 0 Å². The zero-order valence-corrected chi connectivity index (χ0v) is 25.4. The predicted octanol–water partition coefficient (Wildman–Crippen LogP) is 4.13. The number of nitrogens with one attached hydrogen (secondary N) is 3. The Kier molecular flexibility index (Phi) is 10.4. The molecule has 0 aliphatic rings. The summed E-state index contributed by atoms with van der Waals surface area (Å²) in [4.78, 5) is 27.1. The molecule has 0 fully saturated rings. The van der Waals surface area contributed by atoms with E-state index in [1.54, 1.807) is 30.3 Å². The molecule has 0 spiro atoms. The lowest BCUT2D eigenvalue weighted by molar-refractivity contribution is -0.132. The van der Waals surface area contributed by atoms with Gasteiger partial charge < -0.3 is 15.7 Å². The first-order valence-corrected chi connectivity index (χ1v) is 16.2. The Morgan fingerprint density at radius 3 is 1.80 bits per heavy atom. The van der Waals surface area contributed by atoms with Crippen LogP contribution in [0.15, 0.2) is 138 Å². The molecule has 5 rings (SSSR count). The van der Waals surface area contributed by atoms with Crippen molar-refractivity contribution in [3.63, 3.8) is 0 Å². The minimum Gasteiger partial charge on any atom is -0.381 e. The lowest BCUT2D eigenvalue weighted by atomic mass is 9.99. The first-order chi connectivity index (χ1) is 21.8. The fourth-order valence-electron chi connectivity index (χ4n) is 5.18. The first kappa shape index (κ1) is 31.6. The molecule has 3 atom stereocenters. The second-order valence-corrected chi connectivity index (χ2v) is 12.5. The summed E-state index contributed by atoms with van der Waals surface area (Å²) >= 11 is 0. The second-order valence-electron chi connectivity index (χ2n) is 10.8. The molecule has 0 aliphatic heterocycles. The van der Waals surface area contributed by atoms with Gasteiger partial charge in [-0.2, -0.15) is 4.72 Å². The Hall–Kier alpha value is -4.83. The minimum atomic E-state index is -4.17. The van der Waals surface area contributed by atoms with Crippen molar-refractivity contribution in [2.75, 3.05) is 0 Å². The number of amides is 2. The highest BCUT2D eigenvalue weighted by Gasteiger charge is 2.33. The van der Waals surface area contributed by atoms with Crippen LogP contribution in [-0.4, -0.2) is 43.5 Å². The van der Waals surface area contributed by atoms with E-state index in [-0.39, 0.29) is 24.3 Å². The van der Waals surface area contributed by atoms with Crippen molar-refractivity contribution in [2.24, 2.45) is 0 Å². The molecule has 230 valence electrons. The van der Waals surface area contributed by atoms with Crippen LogP contribution in [0, 0.1) is 0 Å². The molecule has 5 aromatic rings. The number of carbonyl (C=O) groups excluding carboxylic acids is 2. The standard InChI is InChI=1S/C36H35N3O5S/c40-34(36(42)37-25-28-17-8-3-9-18-28)31(23-26-13-4-1-5-14-26)38-35(41)32(24-27-15-6-2-7-16-27)39-45(43,44)33-22-12-20-29-19-10-11-21-30(29)33/h1-22,31-32,34,39-40H,23-25H2,(H,37,42)(H,38,41)/t31-,32-,34+/m0/s1. The van der Waals surface area contributed by atoms with Gasteiger partial charge >= 0.3 is 0 Å². The normalized spacial score (nSPS) is 13.4. The van der Waals surface area contributed by atoms with Crippen molar-refractivity contribution in [3.05, 3.63) is 150 Å². The highest BCUT2D eigenvalue weighted by atomic mass is 32.2.